The Labute approximate surface area is 126 Å². The highest BCUT2D eigenvalue weighted by Gasteiger charge is 2.17. The van der Waals surface area contributed by atoms with Gasteiger partial charge in [0.15, 0.2) is 0 Å². The lowest BCUT2D eigenvalue weighted by molar-refractivity contribution is -0.384. The van der Waals surface area contributed by atoms with Crippen molar-refractivity contribution < 1.29 is 9.72 Å². The molecule has 0 radical (unpaired) electrons. The van der Waals surface area contributed by atoms with Gasteiger partial charge < -0.3 is 5.32 Å². The maximum atomic E-state index is 12.2. The number of nitrogens with zero attached hydrogens (tertiary/aromatic N) is 3. The van der Waals surface area contributed by atoms with Gasteiger partial charge in [-0.15, -0.1) is 0 Å². The Kier molecular flexibility index (Phi) is 3.78. The van der Waals surface area contributed by atoms with E-state index in [1.54, 1.807) is 0 Å². The summed E-state index contributed by atoms with van der Waals surface area (Å²) in [5.41, 5.74) is 2.29. The molecule has 1 aromatic heterocycles. The molecule has 7 nitrogen and oxygen atoms in total. The van der Waals surface area contributed by atoms with E-state index in [0.717, 1.165) is 36.9 Å². The van der Waals surface area contributed by atoms with Gasteiger partial charge in [0.05, 0.1) is 4.92 Å². The number of carbonyl (C=O) groups excluding carboxylic acids is 1. The summed E-state index contributed by atoms with van der Waals surface area (Å²) in [5.74, 6) is 0.203. The van der Waals surface area contributed by atoms with Gasteiger partial charge in [0.2, 0.25) is 0 Å². The van der Waals surface area contributed by atoms with E-state index in [4.69, 9.17) is 0 Å². The smallest absolute Gasteiger partial charge is 0.269 e. The van der Waals surface area contributed by atoms with Crippen LogP contribution in [0.15, 0.2) is 30.6 Å². The monoisotopic (exact) mass is 298 g/mol. The van der Waals surface area contributed by atoms with Gasteiger partial charge in [-0.2, -0.15) is 0 Å². The summed E-state index contributed by atoms with van der Waals surface area (Å²) in [4.78, 5) is 30.8. The Bertz CT molecular complexity index is 728. The van der Waals surface area contributed by atoms with E-state index in [1.165, 1.54) is 30.6 Å². The maximum absolute atomic E-state index is 12.2. The van der Waals surface area contributed by atoms with E-state index >= 15 is 0 Å². The Morgan fingerprint density at radius 2 is 1.86 bits per heavy atom. The zero-order valence-corrected chi connectivity index (χ0v) is 11.8. The molecule has 0 spiro atoms. The highest BCUT2D eigenvalue weighted by molar-refractivity contribution is 6.04. The van der Waals surface area contributed by atoms with E-state index in [0.29, 0.717) is 11.4 Å². The van der Waals surface area contributed by atoms with Crippen LogP contribution in [0.1, 0.15) is 34.5 Å². The summed E-state index contributed by atoms with van der Waals surface area (Å²) in [5, 5.41) is 13.4. The van der Waals surface area contributed by atoms with Crippen LogP contribution >= 0.6 is 0 Å². The fraction of sp³-hybridized carbons (Fsp3) is 0.267. The number of anilines is 1. The highest BCUT2D eigenvalue weighted by Crippen LogP contribution is 2.24. The lowest BCUT2D eigenvalue weighted by Crippen LogP contribution is -2.17. The number of nitrogens with one attached hydrogen (secondary N) is 1. The van der Waals surface area contributed by atoms with Gasteiger partial charge >= 0.3 is 0 Å². The first-order chi connectivity index (χ1) is 10.6. The molecule has 0 atom stereocenters. The van der Waals surface area contributed by atoms with Crippen LogP contribution in [0.5, 0.6) is 0 Å². The fourth-order valence-electron chi connectivity index (χ4n) is 2.54. The molecule has 1 heterocycles. The molecule has 112 valence electrons. The van der Waals surface area contributed by atoms with Crippen molar-refractivity contribution in [2.45, 2.75) is 25.7 Å². The molecule has 1 aliphatic carbocycles. The largest absolute Gasteiger partial charge is 0.306 e. The number of non-ortho nitro benzene ring substituents is 1. The molecule has 0 unspecified atom stereocenters. The number of carbonyl (C=O) groups is 1. The van der Waals surface area contributed by atoms with Gasteiger partial charge in [0.1, 0.15) is 12.1 Å². The van der Waals surface area contributed by atoms with Crippen molar-refractivity contribution in [2.24, 2.45) is 0 Å². The van der Waals surface area contributed by atoms with Crippen LogP contribution in [-0.4, -0.2) is 20.8 Å². The first-order valence-corrected chi connectivity index (χ1v) is 7.03. The second-order valence-corrected chi connectivity index (χ2v) is 5.11. The summed E-state index contributed by atoms with van der Waals surface area (Å²) in [7, 11) is 0. The number of rotatable bonds is 3. The number of fused-ring (bicyclic) bond motifs is 1. The van der Waals surface area contributed by atoms with Crippen LogP contribution in [0.4, 0.5) is 11.5 Å². The molecular formula is C15H14N4O3. The lowest BCUT2D eigenvalue weighted by Gasteiger charge is -2.17. The maximum Gasteiger partial charge on any atom is 0.269 e. The third-order valence-electron chi connectivity index (χ3n) is 3.70. The summed E-state index contributed by atoms with van der Waals surface area (Å²) in [6.07, 6.45) is 5.36. The number of hydrogen-bond donors (Lipinski definition) is 1. The van der Waals surface area contributed by atoms with Gasteiger partial charge in [0.25, 0.3) is 11.6 Å². The summed E-state index contributed by atoms with van der Waals surface area (Å²) >= 11 is 0. The van der Waals surface area contributed by atoms with Crippen molar-refractivity contribution in [1.29, 1.82) is 0 Å². The number of hydrogen-bond acceptors (Lipinski definition) is 5. The second-order valence-electron chi connectivity index (χ2n) is 5.11. The number of aromatic nitrogens is 2. The molecule has 22 heavy (non-hydrogen) atoms. The highest BCUT2D eigenvalue weighted by atomic mass is 16.6. The Morgan fingerprint density at radius 3 is 2.59 bits per heavy atom. The molecule has 0 fully saturated rings. The van der Waals surface area contributed by atoms with E-state index in [1.807, 2.05) is 0 Å². The number of amides is 1. The SMILES string of the molecule is O=C(Nc1ncnc2c1CCCC2)c1ccc([N+](=O)[O-])cc1. The summed E-state index contributed by atoms with van der Waals surface area (Å²) < 4.78 is 0. The fourth-order valence-corrected chi connectivity index (χ4v) is 2.54. The average molecular weight is 298 g/mol. The molecule has 0 bridgehead atoms. The molecule has 1 aliphatic rings. The van der Waals surface area contributed by atoms with E-state index in [9.17, 15) is 14.9 Å². The molecule has 2 aromatic rings. The van der Waals surface area contributed by atoms with E-state index in [-0.39, 0.29) is 11.6 Å². The first kappa shape index (κ1) is 14.1. The van der Waals surface area contributed by atoms with Crippen LogP contribution in [0.2, 0.25) is 0 Å². The molecule has 0 saturated carbocycles. The standard InChI is InChI=1S/C15H14N4O3/c20-15(10-5-7-11(8-6-10)19(21)22)18-14-12-3-1-2-4-13(12)16-9-17-14/h5-9H,1-4H2,(H,16,17,18,20). The summed E-state index contributed by atoms with van der Waals surface area (Å²) in [6.45, 7) is 0. The zero-order chi connectivity index (χ0) is 15.5. The predicted octanol–water partition coefficient (Wildman–Crippen LogP) is 2.52. The Balaban J connectivity index is 1.81. The molecule has 3 rings (SSSR count). The van der Waals surface area contributed by atoms with Crippen LogP contribution in [-0.2, 0) is 12.8 Å². The predicted molar refractivity (Wildman–Crippen MR) is 79.7 cm³/mol. The number of nitro groups is 1. The third kappa shape index (κ3) is 2.78. The molecule has 1 N–H and O–H groups in total. The van der Waals surface area contributed by atoms with Crippen LogP contribution in [0.25, 0.3) is 0 Å². The van der Waals surface area contributed by atoms with Crippen molar-refractivity contribution in [3.05, 3.63) is 57.5 Å². The Hall–Kier alpha value is -2.83. The minimum atomic E-state index is -0.498. The molecule has 1 aromatic carbocycles. The Morgan fingerprint density at radius 1 is 1.14 bits per heavy atom. The number of nitro benzene ring substituents is 1. The lowest BCUT2D eigenvalue weighted by atomic mass is 9.96. The topological polar surface area (TPSA) is 98.0 Å². The molecule has 1 amide bonds. The van der Waals surface area contributed by atoms with Gasteiger partial charge in [-0.25, -0.2) is 9.97 Å². The molecule has 7 heteroatoms. The zero-order valence-electron chi connectivity index (χ0n) is 11.8. The van der Waals surface area contributed by atoms with E-state index in [2.05, 4.69) is 15.3 Å². The quantitative estimate of drug-likeness (QED) is 0.693. The molecule has 0 aliphatic heterocycles. The average Bonchev–Trinajstić information content (AvgIpc) is 2.55. The van der Waals surface area contributed by atoms with Crippen molar-refractivity contribution in [3.8, 4) is 0 Å². The molecular weight excluding hydrogens is 284 g/mol. The van der Waals surface area contributed by atoms with Crippen LogP contribution < -0.4 is 5.32 Å². The van der Waals surface area contributed by atoms with Crippen molar-refractivity contribution >= 4 is 17.4 Å². The normalized spacial score (nSPS) is 13.3. The third-order valence-corrected chi connectivity index (χ3v) is 3.70. The van der Waals surface area contributed by atoms with Crippen molar-refractivity contribution in [2.75, 3.05) is 5.32 Å². The minimum Gasteiger partial charge on any atom is -0.306 e. The van der Waals surface area contributed by atoms with Gasteiger partial charge in [-0.1, -0.05) is 0 Å². The van der Waals surface area contributed by atoms with Crippen LogP contribution in [0, 0.1) is 10.1 Å². The van der Waals surface area contributed by atoms with Gasteiger partial charge in [-0.05, 0) is 37.8 Å². The summed E-state index contributed by atoms with van der Waals surface area (Å²) in [6, 6.07) is 5.48. The first-order valence-electron chi connectivity index (χ1n) is 7.03. The van der Waals surface area contributed by atoms with E-state index < -0.39 is 4.92 Å². The van der Waals surface area contributed by atoms with Gasteiger partial charge in [0, 0.05) is 29.0 Å². The van der Waals surface area contributed by atoms with Crippen LogP contribution in [0.3, 0.4) is 0 Å². The van der Waals surface area contributed by atoms with Crippen molar-refractivity contribution in [1.82, 2.24) is 9.97 Å². The number of aryl methyl sites for hydroxylation is 1. The number of benzene rings is 1. The van der Waals surface area contributed by atoms with Gasteiger partial charge in [-0.3, -0.25) is 14.9 Å². The van der Waals surface area contributed by atoms with Crippen molar-refractivity contribution in [3.63, 3.8) is 0 Å². The molecule has 0 saturated heterocycles. The minimum absolute atomic E-state index is 0.0454. The second kappa shape index (κ2) is 5.88.